The Kier molecular flexibility index (Phi) is 3.34. The molecule has 2 aromatic rings. The van der Waals surface area contributed by atoms with Crippen molar-refractivity contribution in [3.63, 3.8) is 0 Å². The van der Waals surface area contributed by atoms with Gasteiger partial charge in [-0.3, -0.25) is 0 Å². The Morgan fingerprint density at radius 3 is 2.75 bits per heavy atom. The largest absolute Gasteiger partial charge is 0.507 e. The highest BCUT2D eigenvalue weighted by atomic mass is 16.5. The molecule has 2 aromatic carbocycles. The first-order valence-electron chi connectivity index (χ1n) is 6.64. The van der Waals surface area contributed by atoms with Crippen LogP contribution >= 0.6 is 0 Å². The van der Waals surface area contributed by atoms with Gasteiger partial charge in [-0.1, -0.05) is 24.3 Å². The van der Waals surface area contributed by atoms with Crippen LogP contribution in [0.1, 0.15) is 11.1 Å². The molecule has 0 spiro atoms. The number of hydrogen-bond acceptors (Lipinski definition) is 4. The fourth-order valence-corrected chi connectivity index (χ4v) is 2.62. The number of nitrogens with two attached hydrogens (primary N) is 1. The van der Waals surface area contributed by atoms with Gasteiger partial charge >= 0.3 is 0 Å². The number of ether oxygens (including phenoxy) is 1. The maximum Gasteiger partial charge on any atom is 0.124 e. The number of hydrogen-bond donors (Lipinski definition) is 3. The molecule has 0 aromatic heterocycles. The highest BCUT2D eigenvalue weighted by molar-refractivity contribution is 5.75. The number of aromatic hydroxyl groups is 1. The summed E-state index contributed by atoms with van der Waals surface area (Å²) >= 11 is 0. The topological polar surface area (TPSA) is 75.7 Å². The van der Waals surface area contributed by atoms with E-state index >= 15 is 0 Å². The quantitative estimate of drug-likeness (QED) is 0.796. The molecule has 0 amide bonds. The van der Waals surface area contributed by atoms with E-state index in [1.165, 1.54) is 0 Å². The molecule has 104 valence electrons. The summed E-state index contributed by atoms with van der Waals surface area (Å²) in [6.45, 7) is 0.386. The molecular formula is C16H17NO3. The Hall–Kier alpha value is -2.04. The van der Waals surface area contributed by atoms with Gasteiger partial charge in [-0.05, 0) is 23.3 Å². The lowest BCUT2D eigenvalue weighted by molar-refractivity contribution is 0.241. The van der Waals surface area contributed by atoms with E-state index in [-0.39, 0.29) is 18.5 Å². The first kappa shape index (κ1) is 13.0. The van der Waals surface area contributed by atoms with Crippen LogP contribution < -0.4 is 10.5 Å². The summed E-state index contributed by atoms with van der Waals surface area (Å²) in [6, 6.07) is 11.0. The average Bonchev–Trinajstić information content (AvgIpc) is 2.88. The minimum atomic E-state index is -0.0705. The molecule has 1 unspecified atom stereocenters. The van der Waals surface area contributed by atoms with Crippen LogP contribution in [-0.2, 0) is 13.0 Å². The fourth-order valence-electron chi connectivity index (χ4n) is 2.62. The van der Waals surface area contributed by atoms with Gasteiger partial charge in [0.15, 0.2) is 0 Å². The number of fused-ring (bicyclic) bond motifs is 1. The van der Waals surface area contributed by atoms with Gasteiger partial charge in [0.05, 0.1) is 6.61 Å². The van der Waals surface area contributed by atoms with Gasteiger partial charge in [-0.25, -0.2) is 0 Å². The summed E-state index contributed by atoms with van der Waals surface area (Å²) in [5, 5.41) is 19.7. The van der Waals surface area contributed by atoms with Gasteiger partial charge in [0, 0.05) is 24.1 Å². The number of phenolic OH excluding ortho intramolecular Hbond substituents is 1. The van der Waals surface area contributed by atoms with Gasteiger partial charge in [-0.2, -0.15) is 0 Å². The van der Waals surface area contributed by atoms with Crippen molar-refractivity contribution in [3.8, 4) is 22.6 Å². The SMILES string of the molecule is NCC1Cc2cc(O)c(-c3ccccc3CO)cc2O1. The van der Waals surface area contributed by atoms with Crippen LogP contribution in [0.15, 0.2) is 36.4 Å². The Morgan fingerprint density at radius 1 is 1.20 bits per heavy atom. The maximum absolute atomic E-state index is 10.2. The Bertz CT molecular complexity index is 640. The maximum atomic E-state index is 10.2. The standard InChI is InChI=1S/C16H17NO3/c17-8-12-5-11-6-15(19)14(7-16(11)20-12)13-4-2-1-3-10(13)9-18/h1-4,6-7,12,18-19H,5,8-9,17H2. The van der Waals surface area contributed by atoms with Crippen LogP contribution in [0.2, 0.25) is 0 Å². The smallest absolute Gasteiger partial charge is 0.124 e. The molecule has 0 bridgehead atoms. The van der Waals surface area contributed by atoms with E-state index in [1.807, 2.05) is 30.3 Å². The summed E-state index contributed by atoms with van der Waals surface area (Å²) in [4.78, 5) is 0. The van der Waals surface area contributed by atoms with E-state index in [1.54, 1.807) is 6.07 Å². The number of aliphatic hydroxyl groups is 1. The molecule has 3 rings (SSSR count). The molecule has 1 atom stereocenters. The minimum absolute atomic E-state index is 0.0206. The molecule has 0 aliphatic carbocycles. The second-order valence-corrected chi connectivity index (χ2v) is 4.97. The van der Waals surface area contributed by atoms with Crippen molar-refractivity contribution in [2.45, 2.75) is 19.1 Å². The molecule has 0 radical (unpaired) electrons. The zero-order chi connectivity index (χ0) is 14.1. The molecule has 4 nitrogen and oxygen atoms in total. The first-order chi connectivity index (χ1) is 9.72. The van der Waals surface area contributed by atoms with Crippen molar-refractivity contribution in [2.24, 2.45) is 5.73 Å². The van der Waals surface area contributed by atoms with Crippen molar-refractivity contribution in [2.75, 3.05) is 6.54 Å². The second-order valence-electron chi connectivity index (χ2n) is 4.97. The van der Waals surface area contributed by atoms with Gasteiger partial charge in [0.1, 0.15) is 17.6 Å². The van der Waals surface area contributed by atoms with Gasteiger partial charge in [0.2, 0.25) is 0 Å². The van der Waals surface area contributed by atoms with E-state index in [4.69, 9.17) is 10.5 Å². The third-order valence-electron chi connectivity index (χ3n) is 3.66. The minimum Gasteiger partial charge on any atom is -0.507 e. The van der Waals surface area contributed by atoms with Crippen LogP contribution in [0, 0.1) is 0 Å². The molecule has 0 saturated carbocycles. The van der Waals surface area contributed by atoms with E-state index in [0.717, 1.165) is 28.9 Å². The van der Waals surface area contributed by atoms with Crippen LogP contribution in [0.4, 0.5) is 0 Å². The van der Waals surface area contributed by atoms with Crippen LogP contribution in [-0.4, -0.2) is 22.9 Å². The molecule has 0 saturated heterocycles. The molecular weight excluding hydrogens is 254 g/mol. The van der Waals surface area contributed by atoms with E-state index in [0.29, 0.717) is 12.1 Å². The highest BCUT2D eigenvalue weighted by Gasteiger charge is 2.24. The summed E-state index contributed by atoms with van der Waals surface area (Å²) in [5.74, 6) is 0.965. The Labute approximate surface area is 117 Å². The monoisotopic (exact) mass is 271 g/mol. The van der Waals surface area contributed by atoms with Crippen molar-refractivity contribution >= 4 is 0 Å². The Balaban J connectivity index is 2.08. The summed E-state index contributed by atoms with van der Waals surface area (Å²) < 4.78 is 5.75. The van der Waals surface area contributed by atoms with Crippen LogP contribution in [0.5, 0.6) is 11.5 Å². The number of aliphatic hydroxyl groups excluding tert-OH is 1. The van der Waals surface area contributed by atoms with E-state index in [2.05, 4.69) is 0 Å². The molecule has 4 N–H and O–H groups in total. The third-order valence-corrected chi connectivity index (χ3v) is 3.66. The number of benzene rings is 2. The average molecular weight is 271 g/mol. The predicted octanol–water partition coefficient (Wildman–Crippen LogP) is 1.81. The highest BCUT2D eigenvalue weighted by Crippen LogP contribution is 2.40. The second kappa shape index (κ2) is 5.15. The zero-order valence-corrected chi connectivity index (χ0v) is 11.0. The number of rotatable bonds is 3. The molecule has 1 aliphatic heterocycles. The van der Waals surface area contributed by atoms with Crippen LogP contribution in [0.25, 0.3) is 11.1 Å². The third kappa shape index (κ3) is 2.13. The van der Waals surface area contributed by atoms with Crippen LogP contribution in [0.3, 0.4) is 0 Å². The van der Waals surface area contributed by atoms with Gasteiger partial charge in [-0.15, -0.1) is 0 Å². The fraction of sp³-hybridized carbons (Fsp3) is 0.250. The van der Waals surface area contributed by atoms with Gasteiger partial charge < -0.3 is 20.7 Å². The Morgan fingerprint density at radius 2 is 2.00 bits per heavy atom. The summed E-state index contributed by atoms with van der Waals surface area (Å²) in [5.41, 5.74) is 8.86. The lowest BCUT2D eigenvalue weighted by atomic mass is 9.97. The van der Waals surface area contributed by atoms with Crippen molar-refractivity contribution < 1.29 is 14.9 Å². The molecule has 20 heavy (non-hydrogen) atoms. The molecule has 0 fully saturated rings. The van der Waals surface area contributed by atoms with E-state index in [9.17, 15) is 10.2 Å². The normalized spacial score (nSPS) is 16.8. The van der Waals surface area contributed by atoms with E-state index < -0.39 is 0 Å². The van der Waals surface area contributed by atoms with Crippen molar-refractivity contribution in [1.82, 2.24) is 0 Å². The zero-order valence-electron chi connectivity index (χ0n) is 11.0. The van der Waals surface area contributed by atoms with Crippen molar-refractivity contribution in [1.29, 1.82) is 0 Å². The summed E-state index contributed by atoms with van der Waals surface area (Å²) in [7, 11) is 0. The lowest BCUT2D eigenvalue weighted by Gasteiger charge is -2.11. The molecule has 1 aliphatic rings. The number of phenols is 1. The molecule has 4 heteroatoms. The van der Waals surface area contributed by atoms with Gasteiger partial charge in [0.25, 0.3) is 0 Å². The summed E-state index contributed by atoms with van der Waals surface area (Å²) in [6.07, 6.45) is 0.703. The lowest BCUT2D eigenvalue weighted by Crippen LogP contribution is -2.24. The van der Waals surface area contributed by atoms with Crippen molar-refractivity contribution in [3.05, 3.63) is 47.5 Å². The molecule has 1 heterocycles. The predicted molar refractivity (Wildman–Crippen MR) is 76.6 cm³/mol. The first-order valence-corrected chi connectivity index (χ1v) is 6.64.